The molecule has 7 heteroatoms. The number of aromatic amines is 1. The van der Waals surface area contributed by atoms with Crippen LogP contribution in [0.4, 0.5) is 5.69 Å². The van der Waals surface area contributed by atoms with E-state index in [0.29, 0.717) is 41.5 Å². The average Bonchev–Trinajstić information content (AvgIpc) is 3.22. The number of hydrogen-bond donors (Lipinski definition) is 2. The number of carbonyl (C=O) groups excluding carboxylic acids is 2. The molecule has 0 bridgehead atoms. The number of aryl methyl sites for hydroxylation is 1. The normalized spacial score (nSPS) is 13.8. The van der Waals surface area contributed by atoms with Gasteiger partial charge in [0.2, 0.25) is 0 Å². The quantitative estimate of drug-likeness (QED) is 0.641. The predicted molar refractivity (Wildman–Crippen MR) is 120 cm³/mol. The first-order valence-corrected chi connectivity index (χ1v) is 10.5. The fourth-order valence-electron chi connectivity index (χ4n) is 3.98. The zero-order chi connectivity index (χ0) is 22.0. The number of likely N-dealkylation sites (tertiary alicyclic amines) is 1. The number of rotatable bonds is 5. The van der Waals surface area contributed by atoms with Crippen molar-refractivity contribution in [2.45, 2.75) is 26.2 Å². The topological polar surface area (TPSA) is 83.7 Å². The van der Waals surface area contributed by atoms with Crippen molar-refractivity contribution in [2.75, 3.05) is 32.6 Å². The molecule has 1 aliphatic heterocycles. The van der Waals surface area contributed by atoms with Gasteiger partial charge in [-0.25, -0.2) is 0 Å². The summed E-state index contributed by atoms with van der Waals surface area (Å²) in [6.07, 6.45) is 3.09. The second-order valence-electron chi connectivity index (χ2n) is 7.83. The summed E-state index contributed by atoms with van der Waals surface area (Å²) in [5.74, 6) is 0.444. The Morgan fingerprint density at radius 3 is 2.39 bits per heavy atom. The largest absolute Gasteiger partial charge is 0.493 e. The fourth-order valence-corrected chi connectivity index (χ4v) is 3.98. The molecule has 7 nitrogen and oxygen atoms in total. The van der Waals surface area contributed by atoms with Gasteiger partial charge in [0.05, 0.1) is 25.5 Å². The second kappa shape index (κ2) is 8.71. The van der Waals surface area contributed by atoms with E-state index in [-0.39, 0.29) is 11.8 Å². The molecule has 3 aromatic rings. The van der Waals surface area contributed by atoms with E-state index in [1.165, 1.54) is 14.2 Å². The first-order valence-electron chi connectivity index (χ1n) is 10.5. The van der Waals surface area contributed by atoms with Crippen molar-refractivity contribution in [1.82, 2.24) is 9.88 Å². The van der Waals surface area contributed by atoms with E-state index < -0.39 is 0 Å². The third-order valence-electron chi connectivity index (χ3n) is 5.67. The summed E-state index contributed by atoms with van der Waals surface area (Å²) in [6.45, 7) is 3.42. The standard InChI is InChI=1S/C24H27N3O4/c1-15-7-8-16-12-20(25-18(16)11-15)23(28)26-19-14-22(31-3)21(30-2)13-17(19)24(29)27-9-5-4-6-10-27/h7-8,11-14,25H,4-6,9-10H2,1-3H3,(H,26,28). The van der Waals surface area contributed by atoms with Gasteiger partial charge in [-0.15, -0.1) is 0 Å². The summed E-state index contributed by atoms with van der Waals surface area (Å²) >= 11 is 0. The maximum atomic E-state index is 13.3. The minimum absolute atomic E-state index is 0.122. The Hall–Kier alpha value is -3.48. The molecule has 1 fully saturated rings. The Bertz CT molecular complexity index is 1130. The van der Waals surface area contributed by atoms with E-state index in [0.717, 1.165) is 35.7 Å². The molecule has 0 radical (unpaired) electrons. The van der Waals surface area contributed by atoms with E-state index in [4.69, 9.17) is 9.47 Å². The highest BCUT2D eigenvalue weighted by atomic mass is 16.5. The molecular formula is C24H27N3O4. The van der Waals surface area contributed by atoms with Gasteiger partial charge in [-0.1, -0.05) is 12.1 Å². The van der Waals surface area contributed by atoms with Gasteiger partial charge in [-0.3, -0.25) is 9.59 Å². The van der Waals surface area contributed by atoms with E-state index >= 15 is 0 Å². The maximum absolute atomic E-state index is 13.3. The van der Waals surface area contributed by atoms with Gasteiger partial charge in [-0.05, 0) is 49.9 Å². The summed E-state index contributed by atoms with van der Waals surface area (Å²) in [4.78, 5) is 31.3. The van der Waals surface area contributed by atoms with Crippen LogP contribution in [0.3, 0.4) is 0 Å². The highest BCUT2D eigenvalue weighted by Crippen LogP contribution is 2.34. The summed E-state index contributed by atoms with van der Waals surface area (Å²) in [5.41, 5.74) is 3.21. The number of ether oxygens (including phenoxy) is 2. The molecule has 0 saturated carbocycles. The molecule has 2 N–H and O–H groups in total. The lowest BCUT2D eigenvalue weighted by atomic mass is 10.1. The summed E-state index contributed by atoms with van der Waals surface area (Å²) in [7, 11) is 3.05. The van der Waals surface area contributed by atoms with Crippen LogP contribution < -0.4 is 14.8 Å². The van der Waals surface area contributed by atoms with E-state index in [2.05, 4.69) is 10.3 Å². The van der Waals surface area contributed by atoms with Gasteiger partial charge in [0.1, 0.15) is 5.69 Å². The van der Waals surface area contributed by atoms with Crippen molar-refractivity contribution in [2.24, 2.45) is 0 Å². The van der Waals surface area contributed by atoms with E-state index in [1.54, 1.807) is 18.2 Å². The molecule has 4 rings (SSSR count). The van der Waals surface area contributed by atoms with Crippen LogP contribution in [-0.2, 0) is 0 Å². The number of methoxy groups -OCH3 is 2. The number of nitrogens with one attached hydrogen (secondary N) is 2. The van der Waals surface area contributed by atoms with Crippen LogP contribution in [0.2, 0.25) is 0 Å². The third kappa shape index (κ3) is 4.21. The van der Waals surface area contributed by atoms with Gasteiger partial charge in [0.15, 0.2) is 11.5 Å². The molecule has 1 aromatic heterocycles. The number of anilines is 1. The minimum atomic E-state index is -0.325. The van der Waals surface area contributed by atoms with Crippen LogP contribution in [0.15, 0.2) is 36.4 Å². The van der Waals surface area contributed by atoms with Crippen molar-refractivity contribution in [3.63, 3.8) is 0 Å². The molecule has 1 aliphatic rings. The summed E-state index contributed by atoms with van der Waals surface area (Å²) < 4.78 is 10.8. The van der Waals surface area contributed by atoms with E-state index in [1.807, 2.05) is 30.0 Å². The van der Waals surface area contributed by atoms with Crippen LogP contribution in [0.1, 0.15) is 45.7 Å². The van der Waals surface area contributed by atoms with Crippen LogP contribution in [0.5, 0.6) is 11.5 Å². The molecule has 162 valence electrons. The van der Waals surface area contributed by atoms with Crippen LogP contribution >= 0.6 is 0 Å². The number of nitrogens with zero attached hydrogens (tertiary/aromatic N) is 1. The molecule has 31 heavy (non-hydrogen) atoms. The monoisotopic (exact) mass is 421 g/mol. The molecule has 2 amide bonds. The Kier molecular flexibility index (Phi) is 5.84. The Balaban J connectivity index is 1.69. The van der Waals surface area contributed by atoms with Crippen LogP contribution in [-0.4, -0.2) is 49.0 Å². The van der Waals surface area contributed by atoms with Crippen molar-refractivity contribution < 1.29 is 19.1 Å². The Morgan fingerprint density at radius 1 is 0.968 bits per heavy atom. The maximum Gasteiger partial charge on any atom is 0.272 e. The zero-order valence-corrected chi connectivity index (χ0v) is 18.1. The molecule has 0 unspecified atom stereocenters. The summed E-state index contributed by atoms with van der Waals surface area (Å²) in [6, 6.07) is 11.0. The molecule has 0 spiro atoms. The lowest BCUT2D eigenvalue weighted by Gasteiger charge is -2.28. The van der Waals surface area contributed by atoms with Crippen LogP contribution in [0, 0.1) is 6.92 Å². The predicted octanol–water partition coefficient (Wildman–Crippen LogP) is 4.37. The number of hydrogen-bond acceptors (Lipinski definition) is 4. The first-order chi connectivity index (χ1) is 15.0. The number of fused-ring (bicyclic) bond motifs is 1. The van der Waals surface area contributed by atoms with Crippen molar-refractivity contribution in [1.29, 1.82) is 0 Å². The molecule has 1 saturated heterocycles. The number of piperidine rings is 1. The Labute approximate surface area is 181 Å². The number of amides is 2. The lowest BCUT2D eigenvalue weighted by molar-refractivity contribution is 0.0725. The molecule has 0 aliphatic carbocycles. The van der Waals surface area contributed by atoms with E-state index in [9.17, 15) is 9.59 Å². The molecule has 2 heterocycles. The summed E-state index contributed by atoms with van der Waals surface area (Å²) in [5, 5.41) is 3.85. The van der Waals surface area contributed by atoms with Crippen LogP contribution in [0.25, 0.3) is 10.9 Å². The Morgan fingerprint density at radius 2 is 1.68 bits per heavy atom. The second-order valence-corrected chi connectivity index (χ2v) is 7.83. The molecule has 2 aromatic carbocycles. The highest BCUT2D eigenvalue weighted by Gasteiger charge is 2.24. The lowest BCUT2D eigenvalue weighted by Crippen LogP contribution is -2.36. The van der Waals surface area contributed by atoms with Gasteiger partial charge in [0, 0.05) is 30.1 Å². The highest BCUT2D eigenvalue weighted by molar-refractivity contribution is 6.10. The number of carbonyl (C=O) groups is 2. The number of benzene rings is 2. The number of aromatic nitrogens is 1. The SMILES string of the molecule is COc1cc(NC(=O)c2cc3ccc(C)cc3[nH]2)c(C(=O)N2CCCCC2)cc1OC. The zero-order valence-electron chi connectivity index (χ0n) is 18.1. The van der Waals surface area contributed by atoms with Gasteiger partial charge < -0.3 is 24.7 Å². The molecule has 0 atom stereocenters. The van der Waals surface area contributed by atoms with Gasteiger partial charge in [-0.2, -0.15) is 0 Å². The third-order valence-corrected chi connectivity index (χ3v) is 5.67. The average molecular weight is 421 g/mol. The van der Waals surface area contributed by atoms with Crippen molar-refractivity contribution in [3.8, 4) is 11.5 Å². The molecular weight excluding hydrogens is 394 g/mol. The van der Waals surface area contributed by atoms with Crippen molar-refractivity contribution in [3.05, 3.63) is 53.2 Å². The first kappa shape index (κ1) is 20.8. The fraction of sp³-hybridized carbons (Fsp3) is 0.333. The van der Waals surface area contributed by atoms with Gasteiger partial charge >= 0.3 is 0 Å². The smallest absolute Gasteiger partial charge is 0.272 e. The van der Waals surface area contributed by atoms with Crippen molar-refractivity contribution >= 4 is 28.4 Å². The number of H-pyrrole nitrogens is 1. The van der Waals surface area contributed by atoms with Gasteiger partial charge in [0.25, 0.3) is 11.8 Å². The minimum Gasteiger partial charge on any atom is -0.493 e.